The lowest BCUT2D eigenvalue weighted by molar-refractivity contribution is -0.202. The number of alkyl halides is 4. The van der Waals surface area contributed by atoms with Gasteiger partial charge in [-0.15, -0.1) is 0 Å². The Labute approximate surface area is 183 Å². The maximum atomic E-state index is 13.3. The first-order valence-corrected chi connectivity index (χ1v) is 11.3. The molecule has 7 unspecified atom stereocenters. The third kappa shape index (κ3) is 4.21. The molecule has 0 spiro atoms. The van der Waals surface area contributed by atoms with Gasteiger partial charge in [0.05, 0.1) is 24.4 Å². The molecule has 0 aromatic carbocycles. The smallest absolute Gasteiger partial charge is 0.310 e. The summed E-state index contributed by atoms with van der Waals surface area (Å²) in [5.74, 6) is -11.2. The highest BCUT2D eigenvalue weighted by Gasteiger charge is 2.63. The average molecular weight is 464 g/mol. The van der Waals surface area contributed by atoms with Gasteiger partial charge in [0.1, 0.15) is 12.2 Å². The van der Waals surface area contributed by atoms with Gasteiger partial charge in [0.2, 0.25) is 0 Å². The summed E-state index contributed by atoms with van der Waals surface area (Å²) in [6.45, 7) is -0.269. The van der Waals surface area contributed by atoms with Crippen LogP contribution in [0.1, 0.15) is 58.3 Å². The lowest BCUT2D eigenvalue weighted by atomic mass is 9.79. The second-order valence-corrected chi connectivity index (χ2v) is 9.67. The summed E-state index contributed by atoms with van der Waals surface area (Å²) in [7, 11) is 0. The van der Waals surface area contributed by atoms with Crippen LogP contribution in [0.5, 0.6) is 0 Å². The fraction of sp³-hybridized carbons (Fsp3) is 0.864. The minimum absolute atomic E-state index is 0.0813. The van der Waals surface area contributed by atoms with Gasteiger partial charge >= 0.3 is 29.8 Å². The van der Waals surface area contributed by atoms with Crippen LogP contribution < -0.4 is 0 Å². The van der Waals surface area contributed by atoms with Crippen molar-refractivity contribution in [1.29, 1.82) is 0 Å². The number of hydrogen-bond donors (Lipinski definition) is 0. The Kier molecular flexibility index (Phi) is 6.17. The van der Waals surface area contributed by atoms with E-state index < -0.39 is 67.3 Å². The van der Waals surface area contributed by atoms with E-state index in [1.165, 1.54) is 0 Å². The van der Waals surface area contributed by atoms with E-state index in [0.717, 1.165) is 12.8 Å². The van der Waals surface area contributed by atoms with Gasteiger partial charge in [0, 0.05) is 25.2 Å². The standard InChI is InChI=1S/C22H28F4O6/c1-21(23,24)22(25,26)7-4-8-30-18(27)12-5-2-3-6-13(12)19(28)31-16-11-9-14-15(10-11)20(29)32-17(14)16/h11-17H,2-10H2,1H3. The fourth-order valence-corrected chi connectivity index (χ4v) is 5.77. The van der Waals surface area contributed by atoms with E-state index in [1.807, 2.05) is 0 Å². The van der Waals surface area contributed by atoms with Crippen LogP contribution in [0.4, 0.5) is 17.6 Å². The molecule has 1 saturated heterocycles. The first-order chi connectivity index (χ1) is 15.0. The summed E-state index contributed by atoms with van der Waals surface area (Å²) in [5, 5.41) is 0. The zero-order valence-electron chi connectivity index (χ0n) is 17.9. The molecule has 32 heavy (non-hydrogen) atoms. The summed E-state index contributed by atoms with van der Waals surface area (Å²) in [4.78, 5) is 37.4. The van der Waals surface area contributed by atoms with Crippen LogP contribution in [0.25, 0.3) is 0 Å². The summed E-state index contributed by atoms with van der Waals surface area (Å²) < 4.78 is 68.7. The molecule has 180 valence electrons. The third-order valence-corrected chi connectivity index (χ3v) is 7.56. The third-order valence-electron chi connectivity index (χ3n) is 7.56. The Balaban J connectivity index is 1.29. The SMILES string of the molecule is CC(F)(F)C(F)(F)CCCOC(=O)C1CCCCC1C(=O)OC1C2CC3C(=O)OC1C3C2. The van der Waals surface area contributed by atoms with Gasteiger partial charge in [-0.05, 0) is 32.1 Å². The molecule has 4 fully saturated rings. The molecule has 3 aliphatic carbocycles. The van der Waals surface area contributed by atoms with Crippen LogP contribution in [0.2, 0.25) is 0 Å². The second kappa shape index (κ2) is 8.48. The van der Waals surface area contributed by atoms with Crippen molar-refractivity contribution in [2.45, 2.75) is 82.3 Å². The molecular formula is C22H28F4O6. The summed E-state index contributed by atoms with van der Waals surface area (Å²) in [5.41, 5.74) is 0. The van der Waals surface area contributed by atoms with Crippen LogP contribution in [-0.4, -0.2) is 48.6 Å². The summed E-state index contributed by atoms with van der Waals surface area (Å²) >= 11 is 0. The molecule has 0 amide bonds. The van der Waals surface area contributed by atoms with Crippen molar-refractivity contribution in [2.75, 3.05) is 6.61 Å². The lowest BCUT2D eigenvalue weighted by Gasteiger charge is -2.31. The predicted octanol–water partition coefficient (Wildman–Crippen LogP) is 3.90. The van der Waals surface area contributed by atoms with Gasteiger partial charge < -0.3 is 14.2 Å². The van der Waals surface area contributed by atoms with Crippen molar-refractivity contribution in [3.05, 3.63) is 0 Å². The van der Waals surface area contributed by atoms with E-state index in [4.69, 9.17) is 14.2 Å². The lowest BCUT2D eigenvalue weighted by Crippen LogP contribution is -2.41. The number of rotatable bonds is 8. The number of ether oxygens (including phenoxy) is 3. The zero-order chi connectivity index (χ0) is 23.3. The molecule has 7 atom stereocenters. The first-order valence-electron chi connectivity index (χ1n) is 11.3. The number of carbonyl (C=O) groups is 3. The molecule has 1 aliphatic heterocycles. The van der Waals surface area contributed by atoms with E-state index in [0.29, 0.717) is 25.7 Å². The molecule has 0 aromatic heterocycles. The van der Waals surface area contributed by atoms with Gasteiger partial charge in [-0.3, -0.25) is 14.4 Å². The molecule has 3 saturated carbocycles. The van der Waals surface area contributed by atoms with E-state index >= 15 is 0 Å². The highest BCUT2D eigenvalue weighted by molar-refractivity contribution is 5.83. The number of fused-ring (bicyclic) bond motifs is 1. The van der Waals surface area contributed by atoms with Crippen LogP contribution in [0, 0.1) is 29.6 Å². The van der Waals surface area contributed by atoms with Crippen molar-refractivity contribution in [3.63, 3.8) is 0 Å². The zero-order valence-corrected chi connectivity index (χ0v) is 17.9. The first kappa shape index (κ1) is 23.3. The number of halogens is 4. The van der Waals surface area contributed by atoms with Crippen LogP contribution in [0.15, 0.2) is 0 Å². The molecule has 6 nitrogen and oxygen atoms in total. The Bertz CT molecular complexity index is 766. The highest BCUT2D eigenvalue weighted by Crippen LogP contribution is 2.55. The van der Waals surface area contributed by atoms with E-state index in [-0.39, 0.29) is 30.6 Å². The largest absolute Gasteiger partial charge is 0.465 e. The Morgan fingerprint density at radius 3 is 2.38 bits per heavy atom. The van der Waals surface area contributed by atoms with Crippen molar-refractivity contribution in [1.82, 2.24) is 0 Å². The normalized spacial score (nSPS) is 36.2. The maximum Gasteiger partial charge on any atom is 0.310 e. The Morgan fingerprint density at radius 2 is 1.72 bits per heavy atom. The molecule has 2 bridgehead atoms. The molecule has 0 aromatic rings. The van der Waals surface area contributed by atoms with Gasteiger partial charge in [0.25, 0.3) is 0 Å². The highest BCUT2D eigenvalue weighted by atomic mass is 19.3. The fourth-order valence-electron chi connectivity index (χ4n) is 5.77. The maximum absolute atomic E-state index is 13.3. The molecule has 4 rings (SSSR count). The second-order valence-electron chi connectivity index (χ2n) is 9.67. The van der Waals surface area contributed by atoms with Crippen LogP contribution in [-0.2, 0) is 28.6 Å². The van der Waals surface area contributed by atoms with Crippen LogP contribution >= 0.6 is 0 Å². The molecule has 0 N–H and O–H groups in total. The quantitative estimate of drug-likeness (QED) is 0.235. The van der Waals surface area contributed by atoms with E-state index in [2.05, 4.69) is 0 Å². The van der Waals surface area contributed by atoms with Gasteiger partial charge in [-0.25, -0.2) is 8.78 Å². The van der Waals surface area contributed by atoms with Gasteiger partial charge in [-0.1, -0.05) is 12.8 Å². The predicted molar refractivity (Wildman–Crippen MR) is 101 cm³/mol. The minimum Gasteiger partial charge on any atom is -0.465 e. The van der Waals surface area contributed by atoms with E-state index in [1.54, 1.807) is 0 Å². The number of esters is 3. The molecule has 4 aliphatic rings. The molecule has 0 radical (unpaired) electrons. The minimum atomic E-state index is -4.18. The van der Waals surface area contributed by atoms with Crippen molar-refractivity contribution in [2.24, 2.45) is 29.6 Å². The average Bonchev–Trinajstić information content (AvgIpc) is 3.35. The van der Waals surface area contributed by atoms with Crippen molar-refractivity contribution < 1.29 is 46.2 Å². The molecular weight excluding hydrogens is 436 g/mol. The van der Waals surface area contributed by atoms with Crippen molar-refractivity contribution >= 4 is 17.9 Å². The molecule has 1 heterocycles. The van der Waals surface area contributed by atoms with E-state index in [9.17, 15) is 31.9 Å². The number of carbonyl (C=O) groups excluding carboxylic acids is 3. The van der Waals surface area contributed by atoms with Crippen molar-refractivity contribution in [3.8, 4) is 0 Å². The molecule has 10 heteroatoms. The van der Waals surface area contributed by atoms with Gasteiger partial charge in [0.15, 0.2) is 0 Å². The topological polar surface area (TPSA) is 78.9 Å². The summed E-state index contributed by atoms with van der Waals surface area (Å²) in [6.07, 6.45) is 1.29. The number of hydrogen-bond acceptors (Lipinski definition) is 6. The monoisotopic (exact) mass is 464 g/mol. The van der Waals surface area contributed by atoms with Crippen LogP contribution in [0.3, 0.4) is 0 Å². The Morgan fingerprint density at radius 1 is 1.06 bits per heavy atom. The summed E-state index contributed by atoms with van der Waals surface area (Å²) in [6, 6.07) is 0. The van der Waals surface area contributed by atoms with Gasteiger partial charge in [-0.2, -0.15) is 8.78 Å². The Hall–Kier alpha value is -1.87.